The zero-order chi connectivity index (χ0) is 17.0. The Bertz CT molecular complexity index is 670. The lowest BCUT2D eigenvalue weighted by Crippen LogP contribution is -2.63. The summed E-state index contributed by atoms with van der Waals surface area (Å²) in [5, 5.41) is 11.5. The number of para-hydroxylation sites is 1. The van der Waals surface area contributed by atoms with E-state index < -0.39 is 17.3 Å². The Morgan fingerprint density at radius 1 is 1.39 bits per heavy atom. The molecule has 1 unspecified atom stereocenters. The number of fused-ring (bicyclic) bond motifs is 2. The minimum absolute atomic E-state index is 0.111. The van der Waals surface area contributed by atoms with Crippen molar-refractivity contribution in [1.82, 2.24) is 9.38 Å². The highest BCUT2D eigenvalue weighted by atomic mass is 16.4. The standard InChI is InChI=1S/C18H24N2O3/c1-12(16(21)22)15-11-18(9-10-19(2)17(18)23)13-7-5-6-8-14(13)20(15,3)4/h5-8,12,15H,9-11H2,1-4H3/t12?,15-,18-/m1/s1. The number of aliphatic carboxylic acids is 1. The summed E-state index contributed by atoms with van der Waals surface area (Å²) >= 11 is 0. The number of hydrogen-bond donors (Lipinski definition) is 0. The van der Waals surface area contributed by atoms with Gasteiger partial charge in [0, 0.05) is 31.5 Å². The summed E-state index contributed by atoms with van der Waals surface area (Å²) in [6.45, 7) is 2.41. The summed E-state index contributed by atoms with van der Waals surface area (Å²) in [5.41, 5.74) is 1.51. The van der Waals surface area contributed by atoms with Gasteiger partial charge in [-0.05, 0) is 12.5 Å². The Morgan fingerprint density at radius 3 is 2.61 bits per heavy atom. The van der Waals surface area contributed by atoms with Crippen molar-refractivity contribution in [3.05, 3.63) is 29.8 Å². The van der Waals surface area contributed by atoms with Crippen molar-refractivity contribution >= 4 is 17.6 Å². The van der Waals surface area contributed by atoms with Crippen molar-refractivity contribution in [3.8, 4) is 0 Å². The van der Waals surface area contributed by atoms with Gasteiger partial charge in [-0.25, -0.2) is 0 Å². The second-order valence-corrected chi connectivity index (χ2v) is 7.50. The van der Waals surface area contributed by atoms with Crippen molar-refractivity contribution in [2.75, 3.05) is 27.7 Å². The zero-order valence-corrected chi connectivity index (χ0v) is 14.2. The van der Waals surface area contributed by atoms with E-state index in [0.29, 0.717) is 17.4 Å². The van der Waals surface area contributed by atoms with E-state index in [1.165, 1.54) is 0 Å². The number of carbonyl (C=O) groups is 2. The van der Waals surface area contributed by atoms with E-state index in [-0.39, 0.29) is 11.9 Å². The molecule has 0 bridgehead atoms. The number of carbonyl (C=O) groups excluding carboxylic acids is 2. The van der Waals surface area contributed by atoms with Crippen LogP contribution in [0.5, 0.6) is 0 Å². The molecule has 2 aliphatic rings. The highest BCUT2D eigenvalue weighted by molar-refractivity contribution is 5.92. The molecule has 1 saturated heterocycles. The SMILES string of the molecule is CC(C(=O)[O-])[C@H]1C[C@]2(CCN(C)C2=O)c2ccccc2[N+]1(C)C. The van der Waals surface area contributed by atoms with Crippen LogP contribution in [0, 0.1) is 5.92 Å². The Labute approximate surface area is 137 Å². The molecule has 5 nitrogen and oxygen atoms in total. The van der Waals surface area contributed by atoms with Crippen LogP contribution in [0.25, 0.3) is 0 Å². The molecule has 23 heavy (non-hydrogen) atoms. The molecule has 0 N–H and O–H groups in total. The van der Waals surface area contributed by atoms with Gasteiger partial charge in [0.25, 0.3) is 0 Å². The molecule has 1 fully saturated rings. The fourth-order valence-corrected chi connectivity index (χ4v) is 4.52. The molecule has 2 aliphatic heterocycles. The average Bonchev–Trinajstić information content (AvgIpc) is 2.80. The van der Waals surface area contributed by atoms with Gasteiger partial charge in [-0.15, -0.1) is 0 Å². The van der Waals surface area contributed by atoms with E-state index in [4.69, 9.17) is 0 Å². The van der Waals surface area contributed by atoms with Crippen LogP contribution >= 0.6 is 0 Å². The van der Waals surface area contributed by atoms with Crippen LogP contribution in [-0.2, 0) is 15.0 Å². The summed E-state index contributed by atoms with van der Waals surface area (Å²) in [4.78, 5) is 26.2. The molecular formula is C18H24N2O3. The van der Waals surface area contributed by atoms with Crippen molar-refractivity contribution in [1.29, 1.82) is 0 Å². The molecule has 124 valence electrons. The first-order valence-electron chi connectivity index (χ1n) is 8.12. The molecule has 5 heteroatoms. The number of carboxylic acids is 1. The lowest BCUT2D eigenvalue weighted by atomic mass is 9.67. The monoisotopic (exact) mass is 316 g/mol. The number of hydrogen-bond acceptors (Lipinski definition) is 3. The zero-order valence-electron chi connectivity index (χ0n) is 14.2. The van der Waals surface area contributed by atoms with Gasteiger partial charge in [-0.2, -0.15) is 0 Å². The number of quaternary nitrogens is 1. The fraction of sp³-hybridized carbons (Fsp3) is 0.556. The third-order valence-corrected chi connectivity index (χ3v) is 6.01. The average molecular weight is 316 g/mol. The van der Waals surface area contributed by atoms with Crippen molar-refractivity contribution in [3.63, 3.8) is 0 Å². The molecule has 0 aromatic heterocycles. The van der Waals surface area contributed by atoms with Crippen molar-refractivity contribution in [2.45, 2.75) is 31.2 Å². The van der Waals surface area contributed by atoms with Crippen LogP contribution in [0.3, 0.4) is 0 Å². The van der Waals surface area contributed by atoms with Gasteiger partial charge in [0.05, 0.1) is 25.5 Å². The van der Waals surface area contributed by atoms with Crippen LogP contribution in [0.1, 0.15) is 25.3 Å². The number of nitrogens with zero attached hydrogens (tertiary/aromatic N) is 2. The third-order valence-electron chi connectivity index (χ3n) is 6.01. The Morgan fingerprint density at radius 2 is 2.04 bits per heavy atom. The number of rotatable bonds is 2. The lowest BCUT2D eigenvalue weighted by molar-refractivity contribution is -0.312. The molecule has 3 atom stereocenters. The van der Waals surface area contributed by atoms with E-state index in [1.807, 2.05) is 45.4 Å². The van der Waals surface area contributed by atoms with Gasteiger partial charge in [0.15, 0.2) is 0 Å². The van der Waals surface area contributed by atoms with Crippen LogP contribution in [-0.4, -0.2) is 50.5 Å². The number of benzene rings is 1. The Kier molecular flexibility index (Phi) is 3.52. The maximum Gasteiger partial charge on any atom is 0.233 e. The Balaban J connectivity index is 2.20. The minimum atomic E-state index is -1.05. The largest absolute Gasteiger partial charge is 0.550 e. The highest BCUT2D eigenvalue weighted by Crippen LogP contribution is 2.51. The Hall–Kier alpha value is -1.88. The lowest BCUT2D eigenvalue weighted by Gasteiger charge is -2.50. The summed E-state index contributed by atoms with van der Waals surface area (Å²) in [5.74, 6) is -1.55. The fourth-order valence-electron chi connectivity index (χ4n) is 4.52. The normalized spacial score (nSPS) is 30.3. The van der Waals surface area contributed by atoms with E-state index in [0.717, 1.165) is 17.7 Å². The first kappa shape index (κ1) is 16.0. The number of likely N-dealkylation sites (tertiary alicyclic amines) is 1. The van der Waals surface area contributed by atoms with E-state index in [2.05, 4.69) is 0 Å². The van der Waals surface area contributed by atoms with Crippen LogP contribution in [0.4, 0.5) is 5.69 Å². The van der Waals surface area contributed by atoms with Crippen LogP contribution < -0.4 is 9.59 Å². The predicted molar refractivity (Wildman–Crippen MR) is 86.6 cm³/mol. The second kappa shape index (κ2) is 5.06. The number of likely N-dealkylation sites (N-methyl/N-ethyl adjacent to an activating group) is 1. The molecule has 1 aromatic rings. The smallest absolute Gasteiger partial charge is 0.233 e. The van der Waals surface area contributed by atoms with Gasteiger partial charge >= 0.3 is 0 Å². The molecular weight excluding hydrogens is 292 g/mol. The van der Waals surface area contributed by atoms with Gasteiger partial charge < -0.3 is 14.8 Å². The molecule has 3 rings (SSSR count). The summed E-state index contributed by atoms with van der Waals surface area (Å²) < 4.78 is 0.462. The van der Waals surface area contributed by atoms with Gasteiger partial charge in [0.1, 0.15) is 11.7 Å². The van der Waals surface area contributed by atoms with E-state index >= 15 is 0 Å². The molecule has 0 radical (unpaired) electrons. The summed E-state index contributed by atoms with van der Waals surface area (Å²) in [6, 6.07) is 7.80. The van der Waals surface area contributed by atoms with Crippen LogP contribution in [0.2, 0.25) is 0 Å². The molecule has 1 amide bonds. The predicted octanol–water partition coefficient (Wildman–Crippen LogP) is 0.512. The second-order valence-electron chi connectivity index (χ2n) is 7.50. The van der Waals surface area contributed by atoms with E-state index in [9.17, 15) is 14.7 Å². The molecule has 0 aliphatic carbocycles. The van der Waals surface area contributed by atoms with E-state index in [1.54, 1.807) is 11.8 Å². The topological polar surface area (TPSA) is 60.4 Å². The van der Waals surface area contributed by atoms with Crippen molar-refractivity contribution in [2.24, 2.45) is 5.92 Å². The van der Waals surface area contributed by atoms with Gasteiger partial charge in [-0.3, -0.25) is 9.28 Å². The first-order chi connectivity index (χ1) is 10.7. The molecule has 2 heterocycles. The molecule has 0 saturated carbocycles. The molecule has 1 spiro atoms. The third kappa shape index (κ3) is 2.10. The quantitative estimate of drug-likeness (QED) is 0.747. The minimum Gasteiger partial charge on any atom is -0.550 e. The maximum absolute atomic E-state index is 12.9. The molecule has 1 aromatic carbocycles. The summed E-state index contributed by atoms with van der Waals surface area (Å²) in [7, 11) is 5.88. The van der Waals surface area contributed by atoms with Crippen LogP contribution in [0.15, 0.2) is 24.3 Å². The van der Waals surface area contributed by atoms with Gasteiger partial charge in [0.2, 0.25) is 5.91 Å². The number of carboxylic acid groups (broad SMARTS) is 1. The highest BCUT2D eigenvalue weighted by Gasteiger charge is 2.57. The summed E-state index contributed by atoms with van der Waals surface area (Å²) in [6.07, 6.45) is 1.30. The maximum atomic E-state index is 12.9. The first-order valence-corrected chi connectivity index (χ1v) is 8.12. The van der Waals surface area contributed by atoms with Crippen molar-refractivity contribution < 1.29 is 14.7 Å². The number of amides is 1. The van der Waals surface area contributed by atoms with Gasteiger partial charge in [-0.1, -0.05) is 25.1 Å².